The summed E-state index contributed by atoms with van der Waals surface area (Å²) in [6, 6.07) is 10.6. The molecular formula is C14H7F3N2S. The van der Waals surface area contributed by atoms with E-state index in [1.54, 1.807) is 12.1 Å². The summed E-state index contributed by atoms with van der Waals surface area (Å²) in [5.41, 5.74) is 8.42. The van der Waals surface area contributed by atoms with Crippen LogP contribution in [0, 0.1) is 0 Å². The Bertz CT molecular complexity index is 906. The van der Waals surface area contributed by atoms with Crippen LogP contribution in [0.3, 0.4) is 0 Å². The highest BCUT2D eigenvalue weighted by Crippen LogP contribution is 2.32. The molecule has 6 heteroatoms. The lowest BCUT2D eigenvalue weighted by Gasteiger charge is -2.06. The molecule has 1 heterocycles. The Morgan fingerprint density at radius 1 is 0.950 bits per heavy atom. The van der Waals surface area contributed by atoms with Crippen LogP contribution in [0.4, 0.5) is 13.2 Å². The average molecular weight is 292 g/mol. The predicted octanol–water partition coefficient (Wildman–Crippen LogP) is 4.20. The van der Waals surface area contributed by atoms with Gasteiger partial charge in [-0.15, -0.1) is 11.3 Å². The molecule has 1 aromatic heterocycles. The highest BCUT2D eigenvalue weighted by Gasteiger charge is 2.31. The molecule has 0 aliphatic carbocycles. The second kappa shape index (κ2) is 4.44. The molecule has 20 heavy (non-hydrogen) atoms. The number of hydrogen-bond donors (Lipinski definition) is 0. The molecule has 2 nitrogen and oxygen atoms in total. The van der Waals surface area contributed by atoms with Crippen molar-refractivity contribution in [2.45, 2.75) is 6.18 Å². The number of hydrogen-bond acceptors (Lipinski definition) is 1. The first kappa shape index (κ1) is 12.8. The number of rotatable bonds is 0. The van der Waals surface area contributed by atoms with Gasteiger partial charge in [-0.2, -0.15) is 18.0 Å². The fourth-order valence-corrected chi connectivity index (χ4v) is 3.16. The van der Waals surface area contributed by atoms with Crippen LogP contribution in [0.1, 0.15) is 5.56 Å². The maximum atomic E-state index is 12.8. The van der Waals surface area contributed by atoms with Crippen molar-refractivity contribution in [1.29, 1.82) is 0 Å². The highest BCUT2D eigenvalue weighted by molar-refractivity contribution is 7.24. The summed E-state index contributed by atoms with van der Waals surface area (Å²) >= 11 is 1.36. The molecule has 0 amide bonds. The number of benzene rings is 2. The first-order chi connectivity index (χ1) is 9.50. The van der Waals surface area contributed by atoms with Gasteiger partial charge >= 0.3 is 11.5 Å². The Kier molecular flexibility index (Phi) is 2.85. The molecule has 0 atom stereocenters. The van der Waals surface area contributed by atoms with Gasteiger partial charge in [-0.05, 0) is 30.3 Å². The van der Waals surface area contributed by atoms with Crippen LogP contribution < -0.4 is 5.36 Å². The molecule has 0 unspecified atom stereocenters. The minimum absolute atomic E-state index is 0.167. The third kappa shape index (κ3) is 1.99. The van der Waals surface area contributed by atoms with E-state index < -0.39 is 11.7 Å². The van der Waals surface area contributed by atoms with E-state index in [0.29, 0.717) is 15.5 Å². The number of nitrogens with zero attached hydrogens (tertiary/aromatic N) is 2. The zero-order chi connectivity index (χ0) is 14.3. The third-order valence-electron chi connectivity index (χ3n) is 3.02. The molecule has 0 aliphatic rings. The Labute approximate surface area is 115 Å². The highest BCUT2D eigenvalue weighted by atomic mass is 32.1. The Morgan fingerprint density at radius 3 is 2.35 bits per heavy atom. The summed E-state index contributed by atoms with van der Waals surface area (Å²) in [4.78, 5) is 3.19. The maximum absolute atomic E-state index is 12.8. The van der Waals surface area contributed by atoms with Crippen molar-refractivity contribution in [3.05, 3.63) is 58.9 Å². The molecule has 0 spiro atoms. The van der Waals surface area contributed by atoms with Crippen molar-refractivity contribution >= 4 is 31.5 Å². The Morgan fingerprint density at radius 2 is 1.65 bits per heavy atom. The van der Waals surface area contributed by atoms with Gasteiger partial charge in [-0.1, -0.05) is 12.1 Å². The summed E-state index contributed by atoms with van der Waals surface area (Å²) < 4.78 is 39.8. The number of halogens is 3. The van der Waals surface area contributed by atoms with Crippen LogP contribution in [0.25, 0.3) is 25.7 Å². The lowest BCUT2D eigenvalue weighted by Crippen LogP contribution is -2.09. The minimum Gasteiger partial charge on any atom is -0.361 e. The fourth-order valence-electron chi connectivity index (χ4n) is 2.10. The molecular weight excluding hydrogens is 285 g/mol. The summed E-state index contributed by atoms with van der Waals surface area (Å²) in [5.74, 6) is 0. The molecule has 0 bridgehead atoms. The minimum atomic E-state index is -4.42. The van der Waals surface area contributed by atoms with Crippen LogP contribution in [-0.4, -0.2) is 4.79 Å². The first-order valence-corrected chi connectivity index (χ1v) is 6.53. The van der Waals surface area contributed by atoms with Crippen LogP contribution >= 0.6 is 11.3 Å². The summed E-state index contributed by atoms with van der Waals surface area (Å²) in [6.07, 6.45) is -4.42. The van der Waals surface area contributed by atoms with E-state index in [-0.39, 0.29) is 5.36 Å². The maximum Gasteiger partial charge on any atom is 0.416 e. The van der Waals surface area contributed by atoms with Gasteiger partial charge in [0.1, 0.15) is 0 Å². The van der Waals surface area contributed by atoms with Crippen molar-refractivity contribution < 1.29 is 18.0 Å². The molecule has 0 fully saturated rings. The van der Waals surface area contributed by atoms with E-state index in [9.17, 15) is 18.7 Å². The van der Waals surface area contributed by atoms with Crippen molar-refractivity contribution in [2.24, 2.45) is 0 Å². The SMILES string of the molecule is [N-]=[N+]=c1c2ccccc2sc2ccc(C(F)(F)F)cc12. The van der Waals surface area contributed by atoms with Crippen molar-refractivity contribution in [3.8, 4) is 0 Å². The van der Waals surface area contributed by atoms with E-state index in [1.807, 2.05) is 12.1 Å². The average Bonchev–Trinajstić information content (AvgIpc) is 2.43. The fraction of sp³-hybridized carbons (Fsp3) is 0.0714. The molecule has 2 aromatic carbocycles. The molecule has 3 rings (SSSR count). The van der Waals surface area contributed by atoms with Gasteiger partial charge in [0.25, 0.3) is 0 Å². The molecule has 0 saturated carbocycles. The van der Waals surface area contributed by atoms with E-state index >= 15 is 0 Å². The number of fused-ring (bicyclic) bond motifs is 2. The standard InChI is InChI=1S/C14H7F3N2S/c15-14(16,17)8-5-6-12-10(7-8)13(19-18)9-3-1-2-4-11(9)20-12/h1-7H. The van der Waals surface area contributed by atoms with Gasteiger partial charge in [-0.3, -0.25) is 0 Å². The second-order valence-corrected chi connectivity index (χ2v) is 5.34. The van der Waals surface area contributed by atoms with Crippen LogP contribution in [0.15, 0.2) is 42.5 Å². The van der Waals surface area contributed by atoms with Gasteiger partial charge in [-0.25, -0.2) is 0 Å². The van der Waals surface area contributed by atoms with Gasteiger partial charge in [0, 0.05) is 9.40 Å². The Balaban J connectivity index is 2.52. The zero-order valence-corrected chi connectivity index (χ0v) is 10.8. The summed E-state index contributed by atoms with van der Waals surface area (Å²) in [7, 11) is 0. The molecule has 0 radical (unpaired) electrons. The molecule has 3 aromatic rings. The van der Waals surface area contributed by atoms with Crippen LogP contribution in [0.5, 0.6) is 0 Å². The van der Waals surface area contributed by atoms with Crippen molar-refractivity contribution in [1.82, 2.24) is 0 Å². The van der Waals surface area contributed by atoms with E-state index in [4.69, 9.17) is 0 Å². The van der Waals surface area contributed by atoms with Gasteiger partial charge in [0.2, 0.25) is 0 Å². The van der Waals surface area contributed by atoms with Gasteiger partial charge < -0.3 is 5.53 Å². The lowest BCUT2D eigenvalue weighted by atomic mass is 10.1. The monoisotopic (exact) mass is 292 g/mol. The molecule has 0 aliphatic heterocycles. The van der Waals surface area contributed by atoms with Crippen LogP contribution in [-0.2, 0) is 6.18 Å². The topological polar surface area (TPSA) is 36.4 Å². The normalized spacial score (nSPS) is 11.8. The number of alkyl halides is 3. The summed E-state index contributed by atoms with van der Waals surface area (Å²) in [5, 5.41) is 1.10. The summed E-state index contributed by atoms with van der Waals surface area (Å²) in [6.45, 7) is 0. The largest absolute Gasteiger partial charge is 0.416 e. The van der Waals surface area contributed by atoms with Gasteiger partial charge in [0.05, 0.1) is 16.3 Å². The van der Waals surface area contributed by atoms with Crippen molar-refractivity contribution in [2.75, 3.05) is 0 Å². The molecule has 0 saturated heterocycles. The quantitative estimate of drug-likeness (QED) is 0.338. The van der Waals surface area contributed by atoms with Gasteiger partial charge in [0.15, 0.2) is 0 Å². The smallest absolute Gasteiger partial charge is 0.361 e. The molecule has 0 N–H and O–H groups in total. The van der Waals surface area contributed by atoms with E-state index in [0.717, 1.165) is 16.8 Å². The predicted molar refractivity (Wildman–Crippen MR) is 71.1 cm³/mol. The lowest BCUT2D eigenvalue weighted by molar-refractivity contribution is -0.137. The van der Waals surface area contributed by atoms with Crippen LogP contribution in [0.2, 0.25) is 0 Å². The molecule has 100 valence electrons. The Hall–Kier alpha value is -2.17. The zero-order valence-electron chi connectivity index (χ0n) is 9.98. The first-order valence-electron chi connectivity index (χ1n) is 5.71. The second-order valence-electron chi connectivity index (χ2n) is 4.26. The third-order valence-corrected chi connectivity index (χ3v) is 4.18. The van der Waals surface area contributed by atoms with E-state index in [2.05, 4.69) is 4.79 Å². The van der Waals surface area contributed by atoms with Crippen molar-refractivity contribution in [3.63, 3.8) is 0 Å². The van der Waals surface area contributed by atoms with E-state index in [1.165, 1.54) is 17.4 Å².